The molecular formula is C28H44O7P2. The molecule has 2 aromatic carbocycles. The van der Waals surface area contributed by atoms with Gasteiger partial charge in [0.05, 0.1) is 0 Å². The van der Waals surface area contributed by atoms with E-state index in [1.54, 1.807) is 0 Å². The molecule has 0 aliphatic rings. The molecule has 208 valence electrons. The molecule has 37 heavy (non-hydrogen) atoms. The van der Waals surface area contributed by atoms with Crippen LogP contribution in [0, 0.1) is 0 Å². The van der Waals surface area contributed by atoms with E-state index in [4.69, 9.17) is 13.4 Å². The van der Waals surface area contributed by atoms with Gasteiger partial charge >= 0.3 is 15.6 Å². The predicted octanol–water partition coefficient (Wildman–Crippen LogP) is 8.55. The lowest BCUT2D eigenvalue weighted by atomic mass is 9.79. The Hall–Kier alpha value is -1.62. The van der Waals surface area contributed by atoms with E-state index in [-0.39, 0.29) is 11.5 Å². The summed E-state index contributed by atoms with van der Waals surface area (Å²) in [4.78, 5) is 19.6. The Balaban J connectivity index is 2.89. The summed E-state index contributed by atoms with van der Waals surface area (Å²) in [7, 11) is -10.2. The lowest BCUT2D eigenvalue weighted by Gasteiger charge is -2.33. The molecule has 0 atom stereocenters. The van der Waals surface area contributed by atoms with Crippen LogP contribution in [0.15, 0.2) is 36.4 Å². The van der Waals surface area contributed by atoms with E-state index >= 15 is 0 Å². The van der Waals surface area contributed by atoms with Gasteiger partial charge in [0.15, 0.2) is 0 Å². The summed E-state index contributed by atoms with van der Waals surface area (Å²) in [5.41, 5.74) is 1.06. The molecule has 0 spiro atoms. The van der Waals surface area contributed by atoms with Crippen molar-refractivity contribution in [1.29, 1.82) is 0 Å². The molecule has 0 aliphatic carbocycles. The van der Waals surface area contributed by atoms with Crippen molar-refractivity contribution in [3.63, 3.8) is 0 Å². The third-order valence-corrected chi connectivity index (χ3v) is 8.34. The maximum Gasteiger partial charge on any atom is 0.596 e. The average Bonchev–Trinajstić information content (AvgIpc) is 2.62. The van der Waals surface area contributed by atoms with Gasteiger partial charge in [-0.3, -0.25) is 0 Å². The first-order valence-electron chi connectivity index (χ1n) is 12.4. The molecule has 0 aliphatic heterocycles. The summed E-state index contributed by atoms with van der Waals surface area (Å²) < 4.78 is 43.4. The molecule has 0 saturated carbocycles. The molecule has 7 nitrogen and oxygen atoms in total. The van der Waals surface area contributed by atoms with E-state index in [0.29, 0.717) is 22.3 Å². The summed E-state index contributed by atoms with van der Waals surface area (Å²) in [6.45, 7) is 23.7. The van der Waals surface area contributed by atoms with Crippen LogP contribution in [-0.2, 0) is 35.1 Å². The minimum absolute atomic E-state index is 0.227. The Bertz CT molecular complexity index is 1070. The van der Waals surface area contributed by atoms with Gasteiger partial charge in [-0.1, -0.05) is 119 Å². The van der Waals surface area contributed by atoms with E-state index in [2.05, 4.69) is 0 Å². The number of para-hydroxylation sites is 2. The fourth-order valence-corrected chi connectivity index (χ4v) is 6.23. The zero-order valence-corrected chi connectivity index (χ0v) is 26.1. The molecule has 2 aromatic rings. The average molecular weight is 555 g/mol. The fraction of sp³-hybridized carbons (Fsp3) is 0.571. The second kappa shape index (κ2) is 10.2. The van der Waals surface area contributed by atoms with Crippen molar-refractivity contribution in [3.8, 4) is 11.5 Å². The highest BCUT2D eigenvalue weighted by molar-refractivity contribution is 7.61. The van der Waals surface area contributed by atoms with Crippen LogP contribution in [0.5, 0.6) is 11.5 Å². The van der Waals surface area contributed by atoms with Crippen LogP contribution < -0.4 is 9.05 Å². The Morgan fingerprint density at radius 1 is 0.541 bits per heavy atom. The number of hydrogen-bond acceptors (Lipinski definition) is 5. The topological polar surface area (TPSA) is 102 Å². The van der Waals surface area contributed by atoms with Crippen molar-refractivity contribution < 1.29 is 32.3 Å². The summed E-state index contributed by atoms with van der Waals surface area (Å²) in [5, 5.41) is 0. The maximum atomic E-state index is 14.3. The van der Waals surface area contributed by atoms with E-state index in [1.165, 1.54) is 0 Å². The number of benzene rings is 2. The van der Waals surface area contributed by atoms with Crippen molar-refractivity contribution >= 4 is 15.6 Å². The molecule has 0 amide bonds. The fourth-order valence-electron chi connectivity index (χ4n) is 4.04. The highest BCUT2D eigenvalue weighted by atomic mass is 31.3. The Morgan fingerprint density at radius 2 is 0.784 bits per heavy atom. The van der Waals surface area contributed by atoms with Gasteiger partial charge in [0.2, 0.25) is 0 Å². The SMILES string of the molecule is CC(C)(C)c1cccc(C(C)(C)C)c1OP(=O)(Oc1c(C(C)(C)C)cccc1C(C)(C)C)OP(=O)(O)O. The van der Waals surface area contributed by atoms with Gasteiger partial charge in [0.25, 0.3) is 0 Å². The first-order valence-corrected chi connectivity index (χ1v) is 15.4. The normalized spacial score (nSPS) is 14.0. The Labute approximate surface area is 222 Å². The van der Waals surface area contributed by atoms with Crippen molar-refractivity contribution in [2.24, 2.45) is 0 Å². The van der Waals surface area contributed by atoms with Gasteiger partial charge in [0, 0.05) is 22.3 Å². The van der Waals surface area contributed by atoms with E-state index in [9.17, 15) is 18.9 Å². The summed E-state index contributed by atoms with van der Waals surface area (Å²) in [6.07, 6.45) is 0. The van der Waals surface area contributed by atoms with Crippen molar-refractivity contribution in [2.45, 2.75) is 105 Å². The van der Waals surface area contributed by atoms with E-state index in [1.807, 2.05) is 119 Å². The minimum atomic E-state index is -5.30. The zero-order chi connectivity index (χ0) is 28.8. The lowest BCUT2D eigenvalue weighted by Crippen LogP contribution is -2.22. The van der Waals surface area contributed by atoms with Crippen molar-refractivity contribution in [3.05, 3.63) is 58.7 Å². The third-order valence-electron chi connectivity index (χ3n) is 5.87. The molecule has 0 heterocycles. The summed E-state index contributed by atoms with van der Waals surface area (Å²) in [6, 6.07) is 11.1. The highest BCUT2D eigenvalue weighted by Gasteiger charge is 2.44. The molecule has 0 bridgehead atoms. The molecule has 0 radical (unpaired) electrons. The smallest absolute Gasteiger partial charge is 0.394 e. The van der Waals surface area contributed by atoms with Crippen LogP contribution in [0.3, 0.4) is 0 Å². The Morgan fingerprint density at radius 3 is 0.973 bits per heavy atom. The van der Waals surface area contributed by atoms with Crippen molar-refractivity contribution in [1.82, 2.24) is 0 Å². The first kappa shape index (κ1) is 31.6. The molecule has 2 N–H and O–H groups in total. The molecule has 0 saturated heterocycles. The number of phosphoric ester groups is 1. The lowest BCUT2D eigenvalue weighted by molar-refractivity contribution is 0.230. The predicted molar refractivity (Wildman–Crippen MR) is 150 cm³/mol. The van der Waals surface area contributed by atoms with Gasteiger partial charge < -0.3 is 18.8 Å². The van der Waals surface area contributed by atoms with Crippen LogP contribution in [0.2, 0.25) is 0 Å². The van der Waals surface area contributed by atoms with Gasteiger partial charge in [0.1, 0.15) is 11.5 Å². The highest BCUT2D eigenvalue weighted by Crippen LogP contribution is 2.63. The Kier molecular flexibility index (Phi) is 8.68. The van der Waals surface area contributed by atoms with E-state index < -0.39 is 37.3 Å². The largest absolute Gasteiger partial charge is 0.596 e. The first-order chi connectivity index (χ1) is 16.4. The molecule has 0 fully saturated rings. The second-order valence-corrected chi connectivity index (χ2v) is 16.5. The number of rotatable bonds is 6. The monoisotopic (exact) mass is 554 g/mol. The number of hydrogen-bond donors (Lipinski definition) is 2. The molecule has 0 unspecified atom stereocenters. The molecule has 2 rings (SSSR count). The van der Waals surface area contributed by atoms with Gasteiger partial charge in [-0.25, -0.2) is 9.13 Å². The summed E-state index contributed by atoms with van der Waals surface area (Å²) in [5.74, 6) is 0.453. The maximum absolute atomic E-state index is 14.3. The summed E-state index contributed by atoms with van der Waals surface area (Å²) >= 11 is 0. The van der Waals surface area contributed by atoms with Gasteiger partial charge in [-0.2, -0.15) is 4.31 Å². The zero-order valence-electron chi connectivity index (χ0n) is 24.3. The van der Waals surface area contributed by atoms with Crippen LogP contribution >= 0.6 is 15.6 Å². The van der Waals surface area contributed by atoms with Crippen molar-refractivity contribution in [2.75, 3.05) is 0 Å². The van der Waals surface area contributed by atoms with Crippen LogP contribution in [-0.4, -0.2) is 9.79 Å². The molecule has 9 heteroatoms. The second-order valence-electron chi connectivity index (χ2n) is 13.6. The van der Waals surface area contributed by atoms with Crippen LogP contribution in [0.25, 0.3) is 0 Å². The van der Waals surface area contributed by atoms with Gasteiger partial charge in [-0.05, 0) is 21.7 Å². The quantitative estimate of drug-likeness (QED) is 0.345. The van der Waals surface area contributed by atoms with Gasteiger partial charge in [-0.15, -0.1) is 0 Å². The standard InChI is InChI=1S/C28H44O7P2/c1-25(2,3)19-15-13-16-20(26(4,5)6)23(19)33-37(32,35-36(29,30)31)34-24-21(27(7,8)9)17-14-18-22(24)28(10,11)12/h13-18H,1-12H3,(H2,29,30,31). The van der Waals surface area contributed by atoms with Crippen LogP contribution in [0.4, 0.5) is 0 Å². The third kappa shape index (κ3) is 8.18. The minimum Gasteiger partial charge on any atom is -0.394 e. The molecular weight excluding hydrogens is 510 g/mol. The van der Waals surface area contributed by atoms with E-state index in [0.717, 1.165) is 0 Å². The number of phosphoric acid groups is 2. The van der Waals surface area contributed by atoms with Crippen LogP contribution in [0.1, 0.15) is 105 Å². The molecule has 0 aromatic heterocycles.